The van der Waals surface area contributed by atoms with E-state index in [1.165, 1.54) is 13.2 Å². The molecule has 2 rings (SSSR count). The second-order valence-corrected chi connectivity index (χ2v) is 4.02. The Hall–Kier alpha value is -2.57. The number of nitrogens with one attached hydrogen (secondary N) is 1. The fourth-order valence-corrected chi connectivity index (χ4v) is 1.76. The maximum absolute atomic E-state index is 13.7. The van der Waals surface area contributed by atoms with Gasteiger partial charge in [0.05, 0.1) is 30.1 Å². The molecule has 0 radical (unpaired) electrons. The van der Waals surface area contributed by atoms with Crippen LogP contribution in [0.1, 0.15) is 5.76 Å². The first-order chi connectivity index (χ1) is 9.61. The number of nitro benzene ring substituents is 1. The zero-order chi connectivity index (χ0) is 14.5. The maximum Gasteiger partial charge on any atom is 0.313 e. The van der Waals surface area contributed by atoms with Crippen LogP contribution in [-0.4, -0.2) is 18.6 Å². The number of hydrogen-bond acceptors (Lipinski definition) is 5. The number of halogens is 1. The number of nitro groups is 1. The van der Waals surface area contributed by atoms with Gasteiger partial charge in [-0.1, -0.05) is 0 Å². The molecule has 1 heterocycles. The first kappa shape index (κ1) is 13.9. The highest BCUT2D eigenvalue weighted by atomic mass is 19.1. The van der Waals surface area contributed by atoms with Gasteiger partial charge in [0.2, 0.25) is 0 Å². The van der Waals surface area contributed by atoms with Gasteiger partial charge in [0.25, 0.3) is 0 Å². The minimum absolute atomic E-state index is 0.0110. The maximum atomic E-state index is 13.7. The van der Waals surface area contributed by atoms with Crippen LogP contribution >= 0.6 is 0 Å². The summed E-state index contributed by atoms with van der Waals surface area (Å²) in [5, 5.41) is 13.6. The smallest absolute Gasteiger partial charge is 0.313 e. The first-order valence-corrected chi connectivity index (χ1v) is 5.90. The average molecular weight is 280 g/mol. The number of rotatable bonds is 6. The van der Waals surface area contributed by atoms with Gasteiger partial charge in [0.15, 0.2) is 11.6 Å². The lowest BCUT2D eigenvalue weighted by molar-refractivity contribution is -0.385. The van der Waals surface area contributed by atoms with Gasteiger partial charge in [-0.15, -0.1) is 0 Å². The molecule has 0 fully saturated rings. The molecule has 0 unspecified atom stereocenters. The Kier molecular flexibility index (Phi) is 4.19. The summed E-state index contributed by atoms with van der Waals surface area (Å²) in [7, 11) is 1.30. The number of ether oxygens (including phenoxy) is 1. The molecule has 1 aromatic carbocycles. The van der Waals surface area contributed by atoms with Gasteiger partial charge in [-0.2, -0.15) is 0 Å². The molecule has 20 heavy (non-hydrogen) atoms. The summed E-state index contributed by atoms with van der Waals surface area (Å²) in [4.78, 5) is 10.1. The summed E-state index contributed by atoms with van der Waals surface area (Å²) >= 11 is 0. The predicted octanol–water partition coefficient (Wildman–Crippen LogP) is 2.99. The molecule has 7 heteroatoms. The van der Waals surface area contributed by atoms with E-state index in [1.807, 2.05) is 6.07 Å². The topological polar surface area (TPSA) is 77.5 Å². The molecule has 0 saturated carbocycles. The molecule has 1 aromatic heterocycles. The number of hydrogen-bond donors (Lipinski definition) is 1. The summed E-state index contributed by atoms with van der Waals surface area (Å²) < 4.78 is 23.8. The number of furan rings is 1. The molecule has 106 valence electrons. The summed E-state index contributed by atoms with van der Waals surface area (Å²) in [6, 6.07) is 5.70. The fraction of sp³-hybridized carbons (Fsp3) is 0.231. The molecule has 0 saturated heterocycles. The molecule has 0 aliphatic carbocycles. The first-order valence-electron chi connectivity index (χ1n) is 5.90. The molecule has 0 bridgehead atoms. The van der Waals surface area contributed by atoms with Crippen LogP contribution in [0.5, 0.6) is 5.75 Å². The lowest BCUT2D eigenvalue weighted by atomic mass is 10.2. The van der Waals surface area contributed by atoms with Crippen molar-refractivity contribution in [3.63, 3.8) is 0 Å². The van der Waals surface area contributed by atoms with E-state index in [9.17, 15) is 14.5 Å². The van der Waals surface area contributed by atoms with Crippen molar-refractivity contribution in [2.45, 2.75) is 6.42 Å². The molecule has 0 atom stereocenters. The standard InChI is InChI=1S/C13H13FN2O4/c1-19-13-8-11(10(14)7-12(13)16(17)18)15-5-4-9-3-2-6-20-9/h2-3,6-8,15H,4-5H2,1H3. The van der Waals surface area contributed by atoms with Gasteiger partial charge in [-0.25, -0.2) is 4.39 Å². The Morgan fingerprint density at radius 2 is 2.30 bits per heavy atom. The second kappa shape index (κ2) is 6.05. The van der Waals surface area contributed by atoms with Crippen LogP contribution < -0.4 is 10.1 Å². The molecule has 0 aliphatic heterocycles. The Labute approximate surface area is 114 Å². The Morgan fingerprint density at radius 1 is 1.50 bits per heavy atom. The summed E-state index contributed by atoms with van der Waals surface area (Å²) in [6.07, 6.45) is 2.14. The number of benzene rings is 1. The van der Waals surface area contributed by atoms with Crippen molar-refractivity contribution in [2.24, 2.45) is 0 Å². The Morgan fingerprint density at radius 3 is 2.90 bits per heavy atom. The fourth-order valence-electron chi connectivity index (χ4n) is 1.76. The van der Waals surface area contributed by atoms with E-state index in [2.05, 4.69) is 5.32 Å². The molecule has 6 nitrogen and oxygen atoms in total. The highest BCUT2D eigenvalue weighted by Crippen LogP contribution is 2.32. The lowest BCUT2D eigenvalue weighted by Crippen LogP contribution is -2.07. The lowest BCUT2D eigenvalue weighted by Gasteiger charge is -2.09. The highest BCUT2D eigenvalue weighted by Gasteiger charge is 2.19. The van der Waals surface area contributed by atoms with Crippen molar-refractivity contribution in [3.05, 3.63) is 52.2 Å². The van der Waals surface area contributed by atoms with Gasteiger partial charge in [0.1, 0.15) is 5.76 Å². The third kappa shape index (κ3) is 3.05. The second-order valence-electron chi connectivity index (χ2n) is 4.02. The zero-order valence-electron chi connectivity index (χ0n) is 10.8. The number of nitrogens with zero attached hydrogens (tertiary/aromatic N) is 1. The van der Waals surface area contributed by atoms with Crippen LogP contribution in [0.4, 0.5) is 15.8 Å². The van der Waals surface area contributed by atoms with Crippen LogP contribution in [0.3, 0.4) is 0 Å². The van der Waals surface area contributed by atoms with Gasteiger partial charge in [-0.05, 0) is 12.1 Å². The van der Waals surface area contributed by atoms with E-state index < -0.39 is 16.4 Å². The quantitative estimate of drug-likeness (QED) is 0.650. The van der Waals surface area contributed by atoms with Crippen molar-refractivity contribution in [2.75, 3.05) is 19.0 Å². The van der Waals surface area contributed by atoms with Crippen molar-refractivity contribution in [1.82, 2.24) is 0 Å². The summed E-state index contributed by atoms with van der Waals surface area (Å²) in [5.41, 5.74) is -0.249. The minimum atomic E-state index is -0.697. The van der Waals surface area contributed by atoms with Crippen molar-refractivity contribution in [3.8, 4) is 5.75 Å². The van der Waals surface area contributed by atoms with Crippen LogP contribution in [0, 0.1) is 15.9 Å². The van der Waals surface area contributed by atoms with E-state index in [0.717, 1.165) is 11.8 Å². The molecule has 1 N–H and O–H groups in total. The largest absolute Gasteiger partial charge is 0.490 e. The minimum Gasteiger partial charge on any atom is -0.490 e. The Balaban J connectivity index is 2.09. The Bertz CT molecular complexity index is 599. The van der Waals surface area contributed by atoms with Gasteiger partial charge >= 0.3 is 5.69 Å². The van der Waals surface area contributed by atoms with Crippen molar-refractivity contribution < 1.29 is 18.5 Å². The normalized spacial score (nSPS) is 10.3. The van der Waals surface area contributed by atoms with E-state index >= 15 is 0 Å². The molecule has 2 aromatic rings. The summed E-state index contributed by atoms with van der Waals surface area (Å²) in [5.74, 6) is 0.0839. The molecule has 0 aliphatic rings. The average Bonchev–Trinajstić information content (AvgIpc) is 2.93. The number of methoxy groups -OCH3 is 1. The van der Waals surface area contributed by atoms with Gasteiger partial charge < -0.3 is 14.5 Å². The molecule has 0 spiro atoms. The van der Waals surface area contributed by atoms with E-state index in [-0.39, 0.29) is 11.4 Å². The molecular weight excluding hydrogens is 267 g/mol. The zero-order valence-corrected chi connectivity index (χ0v) is 10.8. The van der Waals surface area contributed by atoms with E-state index in [1.54, 1.807) is 12.3 Å². The van der Waals surface area contributed by atoms with E-state index in [0.29, 0.717) is 13.0 Å². The van der Waals surface area contributed by atoms with Crippen LogP contribution in [0.15, 0.2) is 34.9 Å². The highest BCUT2D eigenvalue weighted by molar-refractivity contribution is 5.59. The monoisotopic (exact) mass is 280 g/mol. The molecule has 0 amide bonds. The van der Waals surface area contributed by atoms with E-state index in [4.69, 9.17) is 9.15 Å². The van der Waals surface area contributed by atoms with Crippen molar-refractivity contribution in [1.29, 1.82) is 0 Å². The third-order valence-electron chi connectivity index (χ3n) is 2.73. The van der Waals surface area contributed by atoms with Crippen LogP contribution in [0.25, 0.3) is 0 Å². The third-order valence-corrected chi connectivity index (χ3v) is 2.73. The van der Waals surface area contributed by atoms with Gasteiger partial charge in [0, 0.05) is 19.0 Å². The van der Waals surface area contributed by atoms with Crippen LogP contribution in [0.2, 0.25) is 0 Å². The van der Waals surface area contributed by atoms with Gasteiger partial charge in [-0.3, -0.25) is 10.1 Å². The summed E-state index contributed by atoms with van der Waals surface area (Å²) in [6.45, 7) is 0.436. The predicted molar refractivity (Wildman–Crippen MR) is 70.5 cm³/mol. The van der Waals surface area contributed by atoms with Crippen LogP contribution in [-0.2, 0) is 6.42 Å². The van der Waals surface area contributed by atoms with Crippen molar-refractivity contribution >= 4 is 11.4 Å². The number of anilines is 1. The molecular formula is C13H13FN2O4. The SMILES string of the molecule is COc1cc(NCCc2ccco2)c(F)cc1[N+](=O)[O-].